The molecule has 1 spiro atoms. The number of likely N-dealkylation sites (tertiary alicyclic amines) is 1. The zero-order valence-corrected chi connectivity index (χ0v) is 19.4. The average molecular weight is 466 g/mol. The van der Waals surface area contributed by atoms with Crippen molar-refractivity contribution in [2.75, 3.05) is 25.4 Å². The predicted octanol–water partition coefficient (Wildman–Crippen LogP) is 5.12. The van der Waals surface area contributed by atoms with Gasteiger partial charge in [-0.25, -0.2) is 0 Å². The first-order valence-corrected chi connectivity index (χ1v) is 12.8. The molecular formula is C23H33BrN2OS. The molecule has 3 aliphatic rings. The summed E-state index contributed by atoms with van der Waals surface area (Å²) in [5.74, 6) is 1.63. The molecule has 154 valence electrons. The van der Waals surface area contributed by atoms with E-state index in [-0.39, 0.29) is 0 Å². The molecule has 2 aliphatic heterocycles. The van der Waals surface area contributed by atoms with E-state index in [2.05, 4.69) is 56.5 Å². The van der Waals surface area contributed by atoms with Crippen molar-refractivity contribution in [3.63, 3.8) is 0 Å². The monoisotopic (exact) mass is 464 g/mol. The van der Waals surface area contributed by atoms with Gasteiger partial charge in [-0.2, -0.15) is 11.8 Å². The number of nitrogens with zero attached hydrogens (tertiary/aromatic N) is 2. The van der Waals surface area contributed by atoms with E-state index in [9.17, 15) is 4.79 Å². The van der Waals surface area contributed by atoms with Crippen LogP contribution < -0.4 is 0 Å². The third-order valence-electron chi connectivity index (χ3n) is 7.05. The van der Waals surface area contributed by atoms with Gasteiger partial charge in [0.25, 0.3) is 0 Å². The lowest BCUT2D eigenvalue weighted by Gasteiger charge is -2.49. The fraction of sp³-hybridized carbons (Fsp3) is 0.696. The largest absolute Gasteiger partial charge is 0.338 e. The zero-order valence-electron chi connectivity index (χ0n) is 17.0. The molecule has 4 rings (SSSR count). The van der Waals surface area contributed by atoms with Gasteiger partial charge in [-0.15, -0.1) is 0 Å². The molecule has 0 bridgehead atoms. The molecule has 3 atom stereocenters. The summed E-state index contributed by atoms with van der Waals surface area (Å²) in [4.78, 5) is 18.2. The van der Waals surface area contributed by atoms with Crippen molar-refractivity contribution in [1.29, 1.82) is 0 Å². The quantitative estimate of drug-likeness (QED) is 0.603. The Balaban J connectivity index is 1.51. The molecule has 2 heterocycles. The third kappa shape index (κ3) is 4.46. The Morgan fingerprint density at radius 3 is 2.61 bits per heavy atom. The van der Waals surface area contributed by atoms with Gasteiger partial charge in [0.2, 0.25) is 5.91 Å². The van der Waals surface area contributed by atoms with Crippen molar-refractivity contribution < 1.29 is 4.79 Å². The Morgan fingerprint density at radius 2 is 1.96 bits per heavy atom. The van der Waals surface area contributed by atoms with Crippen molar-refractivity contribution in [2.45, 2.75) is 75.1 Å². The topological polar surface area (TPSA) is 23.6 Å². The number of rotatable bonds is 5. The smallest absolute Gasteiger partial charge is 0.227 e. The SMILES string of the molecule is CCN(C(=O)Cc1ccc(Br)cc1)C1CCC2(CCCS2)CC1N1CCCC1. The van der Waals surface area contributed by atoms with Gasteiger partial charge < -0.3 is 4.90 Å². The lowest BCUT2D eigenvalue weighted by molar-refractivity contribution is -0.135. The summed E-state index contributed by atoms with van der Waals surface area (Å²) in [6.45, 7) is 5.43. The summed E-state index contributed by atoms with van der Waals surface area (Å²) in [6, 6.07) is 9.15. The Morgan fingerprint density at radius 1 is 1.21 bits per heavy atom. The van der Waals surface area contributed by atoms with Crippen LogP contribution in [0.3, 0.4) is 0 Å². The van der Waals surface area contributed by atoms with Gasteiger partial charge in [0.15, 0.2) is 0 Å². The Bertz CT molecular complexity index is 668. The van der Waals surface area contributed by atoms with Crippen LogP contribution in [0.2, 0.25) is 0 Å². The van der Waals surface area contributed by atoms with Gasteiger partial charge in [0.05, 0.1) is 6.42 Å². The first-order chi connectivity index (χ1) is 13.6. The molecule has 1 amide bonds. The van der Waals surface area contributed by atoms with Crippen LogP contribution in [0.15, 0.2) is 28.7 Å². The van der Waals surface area contributed by atoms with E-state index in [0.717, 1.165) is 16.6 Å². The summed E-state index contributed by atoms with van der Waals surface area (Å²) in [5, 5.41) is 0. The number of carbonyl (C=O) groups excluding carboxylic acids is 1. The molecule has 3 fully saturated rings. The fourth-order valence-electron chi connectivity index (χ4n) is 5.62. The van der Waals surface area contributed by atoms with E-state index in [1.54, 1.807) is 0 Å². The van der Waals surface area contributed by atoms with E-state index in [1.807, 2.05) is 12.1 Å². The van der Waals surface area contributed by atoms with Gasteiger partial charge in [-0.05, 0) is 88.4 Å². The summed E-state index contributed by atoms with van der Waals surface area (Å²) in [7, 11) is 0. The van der Waals surface area contributed by atoms with Crippen LogP contribution in [-0.2, 0) is 11.2 Å². The van der Waals surface area contributed by atoms with Crippen LogP contribution in [-0.4, -0.2) is 57.9 Å². The predicted molar refractivity (Wildman–Crippen MR) is 122 cm³/mol. The number of hydrogen-bond donors (Lipinski definition) is 0. The Hall–Kier alpha value is -0.520. The van der Waals surface area contributed by atoms with Gasteiger partial charge >= 0.3 is 0 Å². The highest BCUT2D eigenvalue weighted by Gasteiger charge is 2.47. The highest BCUT2D eigenvalue weighted by Crippen LogP contribution is 2.50. The highest BCUT2D eigenvalue weighted by molar-refractivity contribution is 9.10. The Kier molecular flexibility index (Phi) is 6.74. The van der Waals surface area contributed by atoms with Crippen LogP contribution in [0.25, 0.3) is 0 Å². The van der Waals surface area contributed by atoms with E-state index >= 15 is 0 Å². The van der Waals surface area contributed by atoms with Crippen molar-refractivity contribution in [2.24, 2.45) is 0 Å². The molecule has 5 heteroatoms. The number of hydrogen-bond acceptors (Lipinski definition) is 3. The second-order valence-electron chi connectivity index (χ2n) is 8.74. The molecule has 3 nitrogen and oxygen atoms in total. The van der Waals surface area contributed by atoms with Gasteiger partial charge in [-0.1, -0.05) is 28.1 Å². The maximum absolute atomic E-state index is 13.3. The van der Waals surface area contributed by atoms with Crippen LogP contribution in [0.5, 0.6) is 0 Å². The second-order valence-corrected chi connectivity index (χ2v) is 11.2. The molecule has 0 N–H and O–H groups in total. The third-order valence-corrected chi connectivity index (χ3v) is 9.25. The number of carbonyl (C=O) groups is 1. The number of benzene rings is 1. The van der Waals surface area contributed by atoms with Gasteiger partial charge in [0, 0.05) is 27.8 Å². The van der Waals surface area contributed by atoms with Crippen molar-refractivity contribution in [3.8, 4) is 0 Å². The maximum atomic E-state index is 13.3. The van der Waals surface area contributed by atoms with Crippen LogP contribution >= 0.6 is 27.7 Å². The molecule has 0 aromatic heterocycles. The molecule has 2 saturated heterocycles. The Labute approximate surface area is 182 Å². The standard InChI is InChI=1S/C23H33BrN2OS/c1-2-26(22(27)16-18-6-8-19(24)9-7-18)20-10-12-23(11-5-15-28-23)17-21(20)25-13-3-4-14-25/h6-9,20-21H,2-5,10-17H2,1H3. The maximum Gasteiger partial charge on any atom is 0.227 e. The number of amides is 1. The van der Waals surface area contributed by atoms with Crippen LogP contribution in [0.4, 0.5) is 0 Å². The van der Waals surface area contributed by atoms with E-state index in [0.29, 0.717) is 29.2 Å². The molecule has 1 aromatic carbocycles. The lowest BCUT2D eigenvalue weighted by Crippen LogP contribution is -2.58. The van der Waals surface area contributed by atoms with Crippen LogP contribution in [0.1, 0.15) is 57.4 Å². The minimum atomic E-state index is 0.300. The normalized spacial score (nSPS) is 30.8. The fourth-order valence-corrected chi connectivity index (χ4v) is 7.44. The number of halogens is 1. The van der Waals surface area contributed by atoms with Crippen molar-refractivity contribution in [1.82, 2.24) is 9.80 Å². The summed E-state index contributed by atoms with van der Waals surface area (Å²) < 4.78 is 1.56. The van der Waals surface area contributed by atoms with E-state index in [4.69, 9.17) is 0 Å². The zero-order chi connectivity index (χ0) is 19.6. The average Bonchev–Trinajstić information content (AvgIpc) is 3.38. The van der Waals surface area contributed by atoms with Crippen molar-refractivity contribution in [3.05, 3.63) is 34.3 Å². The van der Waals surface area contributed by atoms with E-state index in [1.165, 1.54) is 63.8 Å². The molecular weight excluding hydrogens is 432 g/mol. The molecule has 1 aliphatic carbocycles. The molecule has 1 aromatic rings. The molecule has 1 saturated carbocycles. The first-order valence-electron chi connectivity index (χ1n) is 11.0. The highest BCUT2D eigenvalue weighted by atomic mass is 79.9. The first kappa shape index (κ1) is 20.7. The summed E-state index contributed by atoms with van der Waals surface area (Å²) in [6.07, 6.45) is 9.66. The van der Waals surface area contributed by atoms with E-state index < -0.39 is 0 Å². The van der Waals surface area contributed by atoms with Gasteiger partial charge in [0.1, 0.15) is 0 Å². The molecule has 0 radical (unpaired) electrons. The second kappa shape index (κ2) is 9.09. The lowest BCUT2D eigenvalue weighted by atomic mass is 9.78. The van der Waals surface area contributed by atoms with Crippen molar-refractivity contribution >= 4 is 33.6 Å². The minimum absolute atomic E-state index is 0.300. The van der Waals surface area contributed by atoms with Gasteiger partial charge in [-0.3, -0.25) is 9.69 Å². The minimum Gasteiger partial charge on any atom is -0.338 e. The summed E-state index contributed by atoms with van der Waals surface area (Å²) >= 11 is 5.72. The molecule has 3 unspecified atom stereocenters. The molecule has 28 heavy (non-hydrogen) atoms. The number of thioether (sulfide) groups is 1. The van der Waals surface area contributed by atoms with Crippen LogP contribution in [0, 0.1) is 0 Å². The summed E-state index contributed by atoms with van der Waals surface area (Å²) in [5.41, 5.74) is 1.11. The number of likely N-dealkylation sites (N-methyl/N-ethyl adjacent to an activating group) is 1.